The molecule has 0 atom stereocenters. The SMILES string of the molecule is CC[CH]/C1=C/CCCCCC1. The van der Waals surface area contributed by atoms with Crippen LogP contribution in [0.25, 0.3) is 0 Å². The maximum atomic E-state index is 2.43. The van der Waals surface area contributed by atoms with E-state index in [9.17, 15) is 0 Å². The lowest BCUT2D eigenvalue weighted by molar-refractivity contribution is 0.625. The Bertz CT molecular complexity index is 122. The average molecular weight is 151 g/mol. The van der Waals surface area contributed by atoms with Crippen molar-refractivity contribution >= 4 is 0 Å². The minimum atomic E-state index is 1.20. The van der Waals surface area contributed by atoms with Crippen molar-refractivity contribution in [3.63, 3.8) is 0 Å². The van der Waals surface area contributed by atoms with Crippen LogP contribution in [0.4, 0.5) is 0 Å². The van der Waals surface area contributed by atoms with Crippen LogP contribution in [0.5, 0.6) is 0 Å². The van der Waals surface area contributed by atoms with E-state index in [1.165, 1.54) is 44.9 Å². The van der Waals surface area contributed by atoms with Crippen molar-refractivity contribution in [2.24, 2.45) is 0 Å². The number of allylic oxidation sites excluding steroid dienone is 2. The Labute approximate surface area is 70.7 Å². The van der Waals surface area contributed by atoms with Gasteiger partial charge >= 0.3 is 0 Å². The molecule has 0 N–H and O–H groups in total. The van der Waals surface area contributed by atoms with Crippen molar-refractivity contribution in [3.05, 3.63) is 18.1 Å². The van der Waals surface area contributed by atoms with Crippen molar-refractivity contribution < 1.29 is 0 Å². The third kappa shape index (κ3) is 3.60. The fourth-order valence-electron chi connectivity index (χ4n) is 1.66. The highest BCUT2D eigenvalue weighted by atomic mass is 14.1. The number of hydrogen-bond acceptors (Lipinski definition) is 0. The van der Waals surface area contributed by atoms with Gasteiger partial charge in [-0.2, -0.15) is 0 Å². The van der Waals surface area contributed by atoms with Gasteiger partial charge in [0.05, 0.1) is 0 Å². The van der Waals surface area contributed by atoms with Gasteiger partial charge in [-0.25, -0.2) is 0 Å². The fourth-order valence-corrected chi connectivity index (χ4v) is 1.66. The second-order valence-electron chi connectivity index (χ2n) is 3.34. The largest absolute Gasteiger partial charge is 0.0850 e. The van der Waals surface area contributed by atoms with Gasteiger partial charge in [0.2, 0.25) is 0 Å². The summed E-state index contributed by atoms with van der Waals surface area (Å²) in [4.78, 5) is 0. The van der Waals surface area contributed by atoms with Crippen molar-refractivity contribution in [1.29, 1.82) is 0 Å². The van der Waals surface area contributed by atoms with E-state index in [4.69, 9.17) is 0 Å². The molecule has 0 aromatic carbocycles. The maximum absolute atomic E-state index is 2.43. The molecule has 0 saturated carbocycles. The molecule has 0 aromatic rings. The van der Waals surface area contributed by atoms with Gasteiger partial charge in [0, 0.05) is 0 Å². The number of hydrogen-bond donors (Lipinski definition) is 0. The van der Waals surface area contributed by atoms with E-state index in [0.29, 0.717) is 0 Å². The van der Waals surface area contributed by atoms with Crippen LogP contribution in [-0.4, -0.2) is 0 Å². The third-order valence-corrected chi connectivity index (χ3v) is 2.29. The Hall–Kier alpha value is -0.260. The first-order valence-electron chi connectivity index (χ1n) is 4.95. The van der Waals surface area contributed by atoms with E-state index < -0.39 is 0 Å². The summed E-state index contributed by atoms with van der Waals surface area (Å²) in [6.07, 6.45) is 14.3. The molecule has 0 unspecified atom stereocenters. The van der Waals surface area contributed by atoms with E-state index in [1.807, 2.05) is 0 Å². The highest BCUT2D eigenvalue weighted by molar-refractivity contribution is 5.13. The molecule has 0 saturated heterocycles. The molecule has 0 heterocycles. The second kappa shape index (κ2) is 5.40. The molecule has 1 radical (unpaired) electrons. The first-order chi connectivity index (χ1) is 5.43. The molecule has 0 bridgehead atoms. The van der Waals surface area contributed by atoms with E-state index in [2.05, 4.69) is 19.4 Å². The predicted octanol–water partition coefficient (Wildman–Crippen LogP) is 3.88. The summed E-state index contributed by atoms with van der Waals surface area (Å²) >= 11 is 0. The Balaban J connectivity index is 2.32. The minimum Gasteiger partial charge on any atom is -0.0850 e. The molecule has 1 rings (SSSR count). The molecule has 0 spiro atoms. The zero-order valence-electron chi connectivity index (χ0n) is 7.60. The quantitative estimate of drug-likeness (QED) is 0.562. The Morgan fingerprint density at radius 1 is 1.27 bits per heavy atom. The highest BCUT2D eigenvalue weighted by Gasteiger charge is 2.00. The van der Waals surface area contributed by atoms with Gasteiger partial charge in [-0.15, -0.1) is 0 Å². The zero-order valence-corrected chi connectivity index (χ0v) is 7.60. The Morgan fingerprint density at radius 2 is 2.09 bits per heavy atom. The maximum Gasteiger partial charge on any atom is -0.0140 e. The predicted molar refractivity (Wildman–Crippen MR) is 50.4 cm³/mol. The normalized spacial score (nSPS) is 25.0. The van der Waals surface area contributed by atoms with Gasteiger partial charge in [0.25, 0.3) is 0 Å². The topological polar surface area (TPSA) is 0 Å². The molecular formula is C11H19. The average Bonchev–Trinajstić information content (AvgIpc) is 1.94. The lowest BCUT2D eigenvalue weighted by atomic mass is 9.97. The summed E-state index contributed by atoms with van der Waals surface area (Å²) in [5.41, 5.74) is 1.60. The van der Waals surface area contributed by atoms with E-state index in [-0.39, 0.29) is 0 Å². The van der Waals surface area contributed by atoms with Crippen LogP contribution in [0.1, 0.15) is 51.9 Å². The molecule has 0 aromatic heterocycles. The molecule has 0 aliphatic heterocycles. The van der Waals surface area contributed by atoms with Crippen LogP contribution in [0.15, 0.2) is 11.6 Å². The van der Waals surface area contributed by atoms with Crippen molar-refractivity contribution in [1.82, 2.24) is 0 Å². The molecule has 11 heavy (non-hydrogen) atoms. The molecular weight excluding hydrogens is 132 g/mol. The van der Waals surface area contributed by atoms with E-state index >= 15 is 0 Å². The summed E-state index contributed by atoms with van der Waals surface area (Å²) in [6, 6.07) is 0. The standard InChI is InChI=1S/C11H19/c1-2-8-11-9-6-4-3-5-7-10-11/h8-9H,2-7,10H2,1H3/b11-9-. The first-order valence-corrected chi connectivity index (χ1v) is 4.95. The lowest BCUT2D eigenvalue weighted by Gasteiger charge is -2.09. The fraction of sp³-hybridized carbons (Fsp3) is 0.727. The number of rotatable bonds is 2. The lowest BCUT2D eigenvalue weighted by Crippen LogP contribution is -1.90. The van der Waals surface area contributed by atoms with Crippen molar-refractivity contribution in [2.45, 2.75) is 51.9 Å². The van der Waals surface area contributed by atoms with Gasteiger partial charge in [0.15, 0.2) is 0 Å². The van der Waals surface area contributed by atoms with Crippen molar-refractivity contribution in [3.8, 4) is 0 Å². The summed E-state index contributed by atoms with van der Waals surface area (Å²) in [5.74, 6) is 0. The van der Waals surface area contributed by atoms with Crippen LogP contribution in [0, 0.1) is 6.42 Å². The summed E-state index contributed by atoms with van der Waals surface area (Å²) in [6.45, 7) is 2.22. The van der Waals surface area contributed by atoms with Crippen LogP contribution < -0.4 is 0 Å². The van der Waals surface area contributed by atoms with Gasteiger partial charge in [-0.3, -0.25) is 0 Å². The molecule has 1 aliphatic carbocycles. The monoisotopic (exact) mass is 151 g/mol. The van der Waals surface area contributed by atoms with Crippen molar-refractivity contribution in [2.75, 3.05) is 0 Å². The summed E-state index contributed by atoms with van der Waals surface area (Å²) in [7, 11) is 0. The minimum absolute atomic E-state index is 1.20. The molecule has 63 valence electrons. The van der Waals surface area contributed by atoms with E-state index in [0.717, 1.165) is 0 Å². The van der Waals surface area contributed by atoms with Gasteiger partial charge in [0.1, 0.15) is 0 Å². The highest BCUT2D eigenvalue weighted by Crippen LogP contribution is 2.19. The molecule has 1 aliphatic rings. The molecule has 0 amide bonds. The van der Waals surface area contributed by atoms with Crippen LogP contribution >= 0.6 is 0 Å². The second-order valence-corrected chi connectivity index (χ2v) is 3.34. The smallest absolute Gasteiger partial charge is 0.0140 e. The van der Waals surface area contributed by atoms with Crippen LogP contribution in [-0.2, 0) is 0 Å². The van der Waals surface area contributed by atoms with Gasteiger partial charge < -0.3 is 0 Å². The van der Waals surface area contributed by atoms with E-state index in [1.54, 1.807) is 5.57 Å². The van der Waals surface area contributed by atoms with Crippen LogP contribution in [0.2, 0.25) is 0 Å². The Morgan fingerprint density at radius 3 is 2.91 bits per heavy atom. The van der Waals surface area contributed by atoms with Gasteiger partial charge in [-0.05, 0) is 38.5 Å². The Kier molecular flexibility index (Phi) is 4.33. The molecule has 0 nitrogen and oxygen atoms in total. The summed E-state index contributed by atoms with van der Waals surface area (Å²) < 4.78 is 0. The molecule has 0 fully saturated rings. The van der Waals surface area contributed by atoms with Gasteiger partial charge in [-0.1, -0.05) is 31.4 Å². The van der Waals surface area contributed by atoms with Crippen LogP contribution in [0.3, 0.4) is 0 Å². The zero-order chi connectivity index (χ0) is 7.94. The summed E-state index contributed by atoms with van der Waals surface area (Å²) in [5, 5.41) is 0. The third-order valence-electron chi connectivity index (χ3n) is 2.29. The molecule has 0 heteroatoms. The first kappa shape index (κ1) is 8.83.